The van der Waals surface area contributed by atoms with Crippen molar-refractivity contribution in [1.82, 2.24) is 4.90 Å². The summed E-state index contributed by atoms with van der Waals surface area (Å²) < 4.78 is 13.3. The SMILES string of the molecule is CCCN(CC(=O)N(C)C)c1ccc(F)cc1[C@H](C)O. The smallest absolute Gasteiger partial charge is 0.241 e. The molecule has 0 aliphatic rings. The van der Waals surface area contributed by atoms with Crippen molar-refractivity contribution in [2.24, 2.45) is 0 Å². The van der Waals surface area contributed by atoms with Gasteiger partial charge in [-0.15, -0.1) is 0 Å². The summed E-state index contributed by atoms with van der Waals surface area (Å²) in [5.74, 6) is -0.417. The van der Waals surface area contributed by atoms with Gasteiger partial charge in [-0.2, -0.15) is 0 Å². The molecule has 1 aromatic rings. The van der Waals surface area contributed by atoms with Crippen molar-refractivity contribution in [3.05, 3.63) is 29.6 Å². The fourth-order valence-corrected chi connectivity index (χ4v) is 2.01. The fourth-order valence-electron chi connectivity index (χ4n) is 2.01. The van der Waals surface area contributed by atoms with Gasteiger partial charge in [-0.3, -0.25) is 4.79 Å². The minimum Gasteiger partial charge on any atom is -0.389 e. The van der Waals surface area contributed by atoms with Crippen molar-refractivity contribution in [3.63, 3.8) is 0 Å². The van der Waals surface area contributed by atoms with E-state index >= 15 is 0 Å². The molecule has 112 valence electrons. The summed E-state index contributed by atoms with van der Waals surface area (Å²) in [7, 11) is 3.40. The highest BCUT2D eigenvalue weighted by molar-refractivity contribution is 5.81. The zero-order valence-electron chi connectivity index (χ0n) is 12.6. The zero-order chi connectivity index (χ0) is 15.3. The van der Waals surface area contributed by atoms with E-state index in [1.54, 1.807) is 27.1 Å². The number of likely N-dealkylation sites (N-methyl/N-ethyl adjacent to an activating group) is 1. The normalized spacial score (nSPS) is 12.1. The third kappa shape index (κ3) is 4.20. The lowest BCUT2D eigenvalue weighted by atomic mass is 10.1. The van der Waals surface area contributed by atoms with Crippen LogP contribution in [0.15, 0.2) is 18.2 Å². The van der Waals surface area contributed by atoms with Crippen LogP contribution < -0.4 is 4.90 Å². The van der Waals surface area contributed by atoms with E-state index in [4.69, 9.17) is 0 Å². The van der Waals surface area contributed by atoms with E-state index in [-0.39, 0.29) is 18.3 Å². The molecule has 0 bridgehead atoms. The molecule has 0 saturated carbocycles. The number of halogens is 1. The third-order valence-corrected chi connectivity index (χ3v) is 3.10. The van der Waals surface area contributed by atoms with Gasteiger partial charge in [0.2, 0.25) is 5.91 Å². The first-order valence-corrected chi connectivity index (χ1v) is 6.79. The van der Waals surface area contributed by atoms with Crippen LogP contribution in [-0.4, -0.2) is 43.1 Å². The summed E-state index contributed by atoms with van der Waals surface area (Å²) in [5.41, 5.74) is 1.21. The molecule has 0 fully saturated rings. The first-order chi connectivity index (χ1) is 9.36. The summed E-state index contributed by atoms with van der Waals surface area (Å²) in [4.78, 5) is 15.3. The molecule has 1 atom stereocenters. The lowest BCUT2D eigenvalue weighted by molar-refractivity contribution is -0.127. The highest BCUT2D eigenvalue weighted by Crippen LogP contribution is 2.27. The molecule has 0 heterocycles. The van der Waals surface area contributed by atoms with Gasteiger partial charge in [-0.25, -0.2) is 4.39 Å². The lowest BCUT2D eigenvalue weighted by Crippen LogP contribution is -2.37. The van der Waals surface area contributed by atoms with E-state index in [1.807, 2.05) is 11.8 Å². The lowest BCUT2D eigenvalue weighted by Gasteiger charge is -2.28. The molecule has 4 nitrogen and oxygen atoms in total. The fraction of sp³-hybridized carbons (Fsp3) is 0.533. The Morgan fingerprint density at radius 2 is 2.05 bits per heavy atom. The Kier molecular flexibility index (Phi) is 5.95. The highest BCUT2D eigenvalue weighted by Gasteiger charge is 2.18. The van der Waals surface area contributed by atoms with Crippen molar-refractivity contribution < 1.29 is 14.3 Å². The number of carbonyl (C=O) groups excluding carboxylic acids is 1. The minimum absolute atomic E-state index is 0.0284. The van der Waals surface area contributed by atoms with E-state index in [9.17, 15) is 14.3 Å². The zero-order valence-corrected chi connectivity index (χ0v) is 12.6. The molecule has 1 amide bonds. The summed E-state index contributed by atoms with van der Waals surface area (Å²) in [6, 6.07) is 4.29. The van der Waals surface area contributed by atoms with Crippen LogP contribution in [0.4, 0.5) is 10.1 Å². The van der Waals surface area contributed by atoms with Crippen LogP contribution in [0.3, 0.4) is 0 Å². The first-order valence-electron chi connectivity index (χ1n) is 6.79. The van der Waals surface area contributed by atoms with Gasteiger partial charge in [0, 0.05) is 31.9 Å². The van der Waals surface area contributed by atoms with Crippen molar-refractivity contribution in [2.45, 2.75) is 26.4 Å². The molecule has 5 heteroatoms. The van der Waals surface area contributed by atoms with Gasteiger partial charge >= 0.3 is 0 Å². The first kappa shape index (κ1) is 16.4. The summed E-state index contributed by atoms with van der Waals surface area (Å²) in [5, 5.41) is 9.80. The van der Waals surface area contributed by atoms with E-state index in [2.05, 4.69) is 0 Å². The van der Waals surface area contributed by atoms with Crippen LogP contribution in [0.5, 0.6) is 0 Å². The Labute approximate surface area is 119 Å². The summed E-state index contributed by atoms with van der Waals surface area (Å²) in [6.45, 7) is 4.49. The Bertz CT molecular complexity index is 461. The predicted molar refractivity (Wildman–Crippen MR) is 78.2 cm³/mol. The van der Waals surface area contributed by atoms with Crippen molar-refractivity contribution in [2.75, 3.05) is 32.1 Å². The number of hydrogen-bond donors (Lipinski definition) is 1. The summed E-state index contributed by atoms with van der Waals surface area (Å²) in [6.07, 6.45) is 0.0756. The van der Waals surface area contributed by atoms with Gasteiger partial charge in [-0.05, 0) is 31.5 Å². The molecule has 1 N–H and O–H groups in total. The van der Waals surface area contributed by atoms with Gasteiger partial charge in [0.15, 0.2) is 0 Å². The number of aliphatic hydroxyl groups is 1. The standard InChI is InChI=1S/C15H23FN2O2/c1-5-8-18(10-15(20)17(3)4)14-7-6-12(16)9-13(14)11(2)19/h6-7,9,11,19H,5,8,10H2,1-4H3/t11-/m0/s1. The number of carbonyl (C=O) groups is 1. The van der Waals surface area contributed by atoms with Crippen LogP contribution in [0, 0.1) is 5.82 Å². The predicted octanol–water partition coefficient (Wildman–Crippen LogP) is 2.18. The molecule has 0 unspecified atom stereocenters. The van der Waals surface area contributed by atoms with Gasteiger partial charge in [0.25, 0.3) is 0 Å². The third-order valence-electron chi connectivity index (χ3n) is 3.10. The molecule has 1 aromatic carbocycles. The summed E-state index contributed by atoms with van der Waals surface area (Å²) >= 11 is 0. The number of benzene rings is 1. The number of anilines is 1. The van der Waals surface area contributed by atoms with Crippen LogP contribution in [-0.2, 0) is 4.79 Å². The molecule has 0 aromatic heterocycles. The number of aliphatic hydroxyl groups excluding tert-OH is 1. The Balaban J connectivity index is 3.11. The largest absolute Gasteiger partial charge is 0.389 e. The molecule has 0 aliphatic carbocycles. The average Bonchev–Trinajstić information content (AvgIpc) is 2.37. The Hall–Kier alpha value is -1.62. The second kappa shape index (κ2) is 7.24. The Morgan fingerprint density at radius 1 is 1.40 bits per heavy atom. The molecule has 1 rings (SSSR count). The molecular formula is C15H23FN2O2. The average molecular weight is 282 g/mol. The molecule has 0 saturated heterocycles. The van der Waals surface area contributed by atoms with E-state index < -0.39 is 6.10 Å². The van der Waals surface area contributed by atoms with Crippen molar-refractivity contribution >= 4 is 11.6 Å². The number of amides is 1. The Morgan fingerprint density at radius 3 is 2.55 bits per heavy atom. The quantitative estimate of drug-likeness (QED) is 0.870. The monoisotopic (exact) mass is 282 g/mol. The second-order valence-corrected chi connectivity index (χ2v) is 5.09. The van der Waals surface area contributed by atoms with Crippen molar-refractivity contribution in [1.29, 1.82) is 0 Å². The van der Waals surface area contributed by atoms with E-state index in [0.29, 0.717) is 17.8 Å². The molecule has 0 radical (unpaired) electrons. The molecule has 20 heavy (non-hydrogen) atoms. The molecule has 0 aliphatic heterocycles. The van der Waals surface area contributed by atoms with Crippen molar-refractivity contribution in [3.8, 4) is 0 Å². The number of nitrogens with zero attached hydrogens (tertiary/aromatic N) is 2. The van der Waals surface area contributed by atoms with E-state index in [0.717, 1.165) is 6.42 Å². The highest BCUT2D eigenvalue weighted by atomic mass is 19.1. The van der Waals surface area contributed by atoms with Gasteiger partial charge in [0.05, 0.1) is 12.6 Å². The van der Waals surface area contributed by atoms with Crippen LogP contribution in [0.2, 0.25) is 0 Å². The van der Waals surface area contributed by atoms with Crippen LogP contribution in [0.25, 0.3) is 0 Å². The maximum absolute atomic E-state index is 13.3. The number of rotatable bonds is 6. The topological polar surface area (TPSA) is 43.8 Å². The maximum atomic E-state index is 13.3. The van der Waals surface area contributed by atoms with Gasteiger partial charge in [0.1, 0.15) is 5.82 Å². The van der Waals surface area contributed by atoms with E-state index in [1.165, 1.54) is 17.0 Å². The second-order valence-electron chi connectivity index (χ2n) is 5.09. The maximum Gasteiger partial charge on any atom is 0.241 e. The molecular weight excluding hydrogens is 259 g/mol. The number of hydrogen-bond acceptors (Lipinski definition) is 3. The van der Waals surface area contributed by atoms with Gasteiger partial charge in [-0.1, -0.05) is 6.92 Å². The van der Waals surface area contributed by atoms with Crippen LogP contribution in [0.1, 0.15) is 31.9 Å². The minimum atomic E-state index is -0.783. The van der Waals surface area contributed by atoms with Gasteiger partial charge < -0.3 is 14.9 Å². The molecule has 0 spiro atoms. The van der Waals surface area contributed by atoms with Crippen LogP contribution >= 0.6 is 0 Å².